The Morgan fingerprint density at radius 1 is 0.458 bits per heavy atom. The van der Waals surface area contributed by atoms with E-state index in [2.05, 4.69) is 6.92 Å². The second-order valence-corrected chi connectivity index (χ2v) is 5.37. The van der Waals surface area contributed by atoms with Gasteiger partial charge in [0.15, 0.2) is 0 Å². The summed E-state index contributed by atoms with van der Waals surface area (Å²) in [6.07, 6.45) is 0.965. The van der Waals surface area contributed by atoms with E-state index in [9.17, 15) is 0 Å². The molecule has 0 bridgehead atoms. The van der Waals surface area contributed by atoms with Crippen molar-refractivity contribution >= 4 is 0 Å². The molecule has 0 aromatic rings. The molecule has 6 heteroatoms. The van der Waals surface area contributed by atoms with E-state index >= 15 is 0 Å². The molecular formula is C18H38O6. The molecule has 24 heavy (non-hydrogen) atoms. The Labute approximate surface area is 148 Å². The Morgan fingerprint density at radius 3 is 1.21 bits per heavy atom. The second kappa shape index (κ2) is 17.6. The van der Waals surface area contributed by atoms with Gasteiger partial charge in [0.2, 0.25) is 0 Å². The van der Waals surface area contributed by atoms with E-state index in [-0.39, 0.29) is 18.3 Å². The van der Waals surface area contributed by atoms with E-state index in [1.165, 1.54) is 0 Å². The SMILES string of the molecule is CCOCC(COCC(COCC(CC)OCC)OCC)OCC. The van der Waals surface area contributed by atoms with Gasteiger partial charge in [-0.05, 0) is 34.1 Å². The lowest BCUT2D eigenvalue weighted by Gasteiger charge is -2.22. The lowest BCUT2D eigenvalue weighted by atomic mass is 10.3. The summed E-state index contributed by atoms with van der Waals surface area (Å²) in [4.78, 5) is 0. The van der Waals surface area contributed by atoms with Crippen LogP contribution >= 0.6 is 0 Å². The van der Waals surface area contributed by atoms with Crippen LogP contribution in [0.5, 0.6) is 0 Å². The molecule has 0 aromatic carbocycles. The fourth-order valence-electron chi connectivity index (χ4n) is 2.19. The zero-order valence-electron chi connectivity index (χ0n) is 16.3. The Kier molecular flexibility index (Phi) is 17.4. The van der Waals surface area contributed by atoms with E-state index in [1.807, 2.05) is 27.7 Å². The molecule has 6 nitrogen and oxygen atoms in total. The largest absolute Gasteiger partial charge is 0.379 e. The highest BCUT2D eigenvalue weighted by atomic mass is 16.6. The van der Waals surface area contributed by atoms with Gasteiger partial charge in [-0.15, -0.1) is 0 Å². The number of hydrogen-bond acceptors (Lipinski definition) is 6. The van der Waals surface area contributed by atoms with Crippen molar-refractivity contribution in [2.24, 2.45) is 0 Å². The summed E-state index contributed by atoms with van der Waals surface area (Å²) in [7, 11) is 0. The van der Waals surface area contributed by atoms with Crippen molar-refractivity contribution in [2.75, 3.05) is 59.5 Å². The molecule has 0 amide bonds. The Morgan fingerprint density at radius 2 is 0.833 bits per heavy atom. The topological polar surface area (TPSA) is 55.4 Å². The molecule has 0 aliphatic rings. The van der Waals surface area contributed by atoms with Gasteiger partial charge in [0.25, 0.3) is 0 Å². The van der Waals surface area contributed by atoms with Crippen molar-refractivity contribution in [1.82, 2.24) is 0 Å². The molecule has 0 N–H and O–H groups in total. The minimum Gasteiger partial charge on any atom is -0.379 e. The lowest BCUT2D eigenvalue weighted by molar-refractivity contribution is -0.0990. The third kappa shape index (κ3) is 13.1. The average Bonchev–Trinajstić information content (AvgIpc) is 2.58. The van der Waals surface area contributed by atoms with Crippen molar-refractivity contribution < 1.29 is 28.4 Å². The number of rotatable bonds is 18. The highest BCUT2D eigenvalue weighted by molar-refractivity contribution is 4.60. The first-order valence-corrected chi connectivity index (χ1v) is 9.29. The zero-order chi connectivity index (χ0) is 18.0. The van der Waals surface area contributed by atoms with Crippen molar-refractivity contribution in [3.8, 4) is 0 Å². The molecule has 146 valence electrons. The third-order valence-corrected chi connectivity index (χ3v) is 3.39. The third-order valence-electron chi connectivity index (χ3n) is 3.39. The summed E-state index contributed by atoms with van der Waals surface area (Å²) in [6, 6.07) is 0. The zero-order valence-corrected chi connectivity index (χ0v) is 16.3. The van der Waals surface area contributed by atoms with E-state index in [1.54, 1.807) is 0 Å². The van der Waals surface area contributed by atoms with Gasteiger partial charge in [-0.2, -0.15) is 0 Å². The molecule has 0 rings (SSSR count). The van der Waals surface area contributed by atoms with E-state index in [0.29, 0.717) is 59.5 Å². The van der Waals surface area contributed by atoms with Crippen LogP contribution in [-0.4, -0.2) is 77.8 Å². The van der Waals surface area contributed by atoms with Gasteiger partial charge in [-0.3, -0.25) is 0 Å². The highest BCUT2D eigenvalue weighted by Crippen LogP contribution is 2.03. The van der Waals surface area contributed by atoms with E-state index < -0.39 is 0 Å². The first-order valence-electron chi connectivity index (χ1n) is 9.29. The Balaban J connectivity index is 4.03. The summed E-state index contributed by atoms with van der Waals surface area (Å²) in [5.41, 5.74) is 0. The van der Waals surface area contributed by atoms with Gasteiger partial charge in [-0.1, -0.05) is 6.92 Å². The van der Waals surface area contributed by atoms with Crippen molar-refractivity contribution in [1.29, 1.82) is 0 Å². The molecular weight excluding hydrogens is 312 g/mol. The molecule has 3 atom stereocenters. The molecule has 0 radical (unpaired) electrons. The smallest absolute Gasteiger partial charge is 0.104 e. The summed E-state index contributed by atoms with van der Waals surface area (Å²) in [6.45, 7) is 15.3. The molecule has 0 aliphatic heterocycles. The van der Waals surface area contributed by atoms with Crippen LogP contribution in [0.25, 0.3) is 0 Å². The van der Waals surface area contributed by atoms with E-state index in [4.69, 9.17) is 28.4 Å². The Bertz CT molecular complexity index is 252. The van der Waals surface area contributed by atoms with Crippen LogP contribution < -0.4 is 0 Å². The highest BCUT2D eigenvalue weighted by Gasteiger charge is 2.14. The normalized spacial score (nSPS) is 15.4. The molecule has 0 spiro atoms. The van der Waals surface area contributed by atoms with Gasteiger partial charge in [0, 0.05) is 26.4 Å². The summed E-state index contributed by atoms with van der Waals surface area (Å²) < 4.78 is 33.8. The average molecular weight is 350 g/mol. The predicted octanol–water partition coefficient (Wildman–Crippen LogP) is 2.68. The molecule has 3 unspecified atom stereocenters. The standard InChI is InChI=1S/C18H38O6/c1-6-16(22-8-3)11-20-14-18(24-10-5)15-21-13-17(23-9-4)12-19-7-2/h16-18H,6-15H2,1-5H3. The maximum Gasteiger partial charge on any atom is 0.104 e. The molecule has 0 aliphatic carbocycles. The predicted molar refractivity (Wildman–Crippen MR) is 94.7 cm³/mol. The molecule has 0 saturated heterocycles. The van der Waals surface area contributed by atoms with Gasteiger partial charge >= 0.3 is 0 Å². The first kappa shape index (κ1) is 23.8. The fourth-order valence-corrected chi connectivity index (χ4v) is 2.19. The maximum absolute atomic E-state index is 5.75. The quantitative estimate of drug-likeness (QED) is 0.379. The number of ether oxygens (including phenoxy) is 6. The molecule has 0 fully saturated rings. The minimum absolute atomic E-state index is 0.0411. The van der Waals surface area contributed by atoms with Crippen molar-refractivity contribution in [3.63, 3.8) is 0 Å². The van der Waals surface area contributed by atoms with Gasteiger partial charge in [0.05, 0.1) is 39.1 Å². The minimum atomic E-state index is -0.0801. The maximum atomic E-state index is 5.75. The summed E-state index contributed by atoms with van der Waals surface area (Å²) >= 11 is 0. The molecule has 0 aromatic heterocycles. The monoisotopic (exact) mass is 350 g/mol. The molecule has 0 saturated carbocycles. The van der Waals surface area contributed by atoms with Crippen LogP contribution in [-0.2, 0) is 28.4 Å². The van der Waals surface area contributed by atoms with Gasteiger partial charge < -0.3 is 28.4 Å². The molecule has 0 heterocycles. The van der Waals surface area contributed by atoms with Crippen LogP contribution in [0.1, 0.15) is 41.0 Å². The van der Waals surface area contributed by atoms with Gasteiger partial charge in [-0.25, -0.2) is 0 Å². The first-order chi connectivity index (χ1) is 11.7. The van der Waals surface area contributed by atoms with Crippen LogP contribution in [0, 0.1) is 0 Å². The second-order valence-electron chi connectivity index (χ2n) is 5.37. The summed E-state index contributed by atoms with van der Waals surface area (Å²) in [5.74, 6) is 0. The van der Waals surface area contributed by atoms with Crippen molar-refractivity contribution in [3.05, 3.63) is 0 Å². The van der Waals surface area contributed by atoms with Crippen LogP contribution in [0.3, 0.4) is 0 Å². The van der Waals surface area contributed by atoms with Crippen LogP contribution in [0.15, 0.2) is 0 Å². The van der Waals surface area contributed by atoms with Crippen molar-refractivity contribution in [2.45, 2.75) is 59.4 Å². The number of hydrogen-bond donors (Lipinski definition) is 0. The Hall–Kier alpha value is -0.240. The fraction of sp³-hybridized carbons (Fsp3) is 1.00. The lowest BCUT2D eigenvalue weighted by Crippen LogP contribution is -2.32. The van der Waals surface area contributed by atoms with Crippen LogP contribution in [0.4, 0.5) is 0 Å². The summed E-state index contributed by atoms with van der Waals surface area (Å²) in [5, 5.41) is 0. The van der Waals surface area contributed by atoms with Crippen LogP contribution in [0.2, 0.25) is 0 Å². The van der Waals surface area contributed by atoms with Gasteiger partial charge in [0.1, 0.15) is 12.2 Å². The van der Waals surface area contributed by atoms with E-state index in [0.717, 1.165) is 6.42 Å².